The Labute approximate surface area is 191 Å². The van der Waals surface area contributed by atoms with Gasteiger partial charge in [-0.05, 0) is 35.5 Å². The van der Waals surface area contributed by atoms with E-state index in [-0.39, 0.29) is 42.8 Å². The number of rotatable bonds is 8. The minimum absolute atomic E-state index is 0.0262. The number of benzene rings is 1. The van der Waals surface area contributed by atoms with Gasteiger partial charge in [-0.1, -0.05) is 35.3 Å². The third-order valence-corrected chi connectivity index (χ3v) is 5.96. The van der Waals surface area contributed by atoms with Gasteiger partial charge in [-0.2, -0.15) is 0 Å². The Morgan fingerprint density at radius 3 is 2.68 bits per heavy atom. The molecule has 2 heterocycles. The highest BCUT2D eigenvalue weighted by Gasteiger charge is 2.34. The van der Waals surface area contributed by atoms with Crippen molar-refractivity contribution in [1.29, 1.82) is 0 Å². The second-order valence-corrected chi connectivity index (χ2v) is 8.12. The number of carbonyl (C=O) groups excluding carboxylic acids is 4. The number of halogens is 2. The van der Waals surface area contributed by atoms with Gasteiger partial charge in [-0.25, -0.2) is 0 Å². The van der Waals surface area contributed by atoms with Crippen molar-refractivity contribution in [3.05, 3.63) is 62.9 Å². The normalized spacial score (nSPS) is 14.9. The van der Waals surface area contributed by atoms with Crippen LogP contribution in [-0.4, -0.2) is 47.5 Å². The molecule has 2 aromatic rings. The highest BCUT2D eigenvalue weighted by atomic mass is 35.5. The van der Waals surface area contributed by atoms with Gasteiger partial charge in [0.15, 0.2) is 0 Å². The lowest BCUT2D eigenvalue weighted by Crippen LogP contribution is -2.38. The molecule has 1 aromatic heterocycles. The predicted molar refractivity (Wildman–Crippen MR) is 118 cm³/mol. The van der Waals surface area contributed by atoms with Crippen molar-refractivity contribution in [2.24, 2.45) is 0 Å². The molecule has 0 aliphatic carbocycles. The van der Waals surface area contributed by atoms with Gasteiger partial charge < -0.3 is 15.1 Å². The molecule has 8 nitrogen and oxygen atoms in total. The van der Waals surface area contributed by atoms with Crippen molar-refractivity contribution in [2.75, 3.05) is 19.6 Å². The Morgan fingerprint density at radius 1 is 1.13 bits per heavy atom. The summed E-state index contributed by atoms with van der Waals surface area (Å²) in [5, 5.41) is 5.41. The first-order valence-electron chi connectivity index (χ1n) is 9.13. The van der Waals surface area contributed by atoms with E-state index < -0.39 is 11.1 Å². The highest BCUT2D eigenvalue weighted by Crippen LogP contribution is 2.34. The van der Waals surface area contributed by atoms with Crippen LogP contribution in [0.1, 0.15) is 22.3 Å². The second-order valence-electron chi connectivity index (χ2n) is 6.34. The summed E-state index contributed by atoms with van der Waals surface area (Å²) in [5.74, 6) is -1.13. The number of nitrogens with one attached hydrogen (secondary N) is 2. The van der Waals surface area contributed by atoms with Crippen LogP contribution in [0.5, 0.6) is 0 Å². The van der Waals surface area contributed by atoms with Gasteiger partial charge in [-0.3, -0.25) is 24.1 Å². The maximum Gasteiger partial charge on any atom is 0.293 e. The molecule has 4 amide bonds. The van der Waals surface area contributed by atoms with Crippen molar-refractivity contribution in [2.45, 2.75) is 6.42 Å². The lowest BCUT2D eigenvalue weighted by molar-refractivity contribution is -0.124. The third kappa shape index (κ3) is 5.90. The van der Waals surface area contributed by atoms with Crippen LogP contribution in [0.2, 0.25) is 10.0 Å². The monoisotopic (exact) mass is 481 g/mol. The van der Waals surface area contributed by atoms with Crippen LogP contribution in [-0.2, 0) is 9.59 Å². The fourth-order valence-corrected chi connectivity index (χ4v) is 3.87. The Hall–Kier alpha value is -2.75. The lowest BCUT2D eigenvalue weighted by atomic mass is 10.2. The van der Waals surface area contributed by atoms with E-state index >= 15 is 0 Å². The molecule has 0 radical (unpaired) electrons. The summed E-state index contributed by atoms with van der Waals surface area (Å²) in [5.41, 5.74) is 0.900. The number of hydrogen-bond acceptors (Lipinski definition) is 6. The van der Waals surface area contributed by atoms with E-state index in [1.807, 2.05) is 0 Å². The fraction of sp³-hybridized carbons (Fsp3) is 0.200. The minimum atomic E-state index is -0.465. The Balaban J connectivity index is 1.45. The molecule has 1 aliphatic rings. The van der Waals surface area contributed by atoms with Crippen molar-refractivity contribution >= 4 is 64.0 Å². The lowest BCUT2D eigenvalue weighted by Gasteiger charge is -2.13. The van der Waals surface area contributed by atoms with E-state index in [0.717, 1.165) is 16.7 Å². The summed E-state index contributed by atoms with van der Waals surface area (Å²) in [7, 11) is 0. The molecule has 0 unspecified atom stereocenters. The van der Waals surface area contributed by atoms with Crippen molar-refractivity contribution < 1.29 is 23.6 Å². The number of furan rings is 1. The topological polar surface area (TPSA) is 109 Å². The molecule has 1 saturated heterocycles. The van der Waals surface area contributed by atoms with Gasteiger partial charge in [0.25, 0.3) is 17.1 Å². The van der Waals surface area contributed by atoms with Gasteiger partial charge in [0.05, 0.1) is 26.8 Å². The molecule has 31 heavy (non-hydrogen) atoms. The van der Waals surface area contributed by atoms with Gasteiger partial charge in [-0.15, -0.1) is 0 Å². The maximum absolute atomic E-state index is 12.5. The summed E-state index contributed by atoms with van der Waals surface area (Å²) in [6.07, 6.45) is 4.25. The number of amides is 4. The minimum Gasteiger partial charge on any atom is -0.472 e. The third-order valence-electron chi connectivity index (χ3n) is 4.22. The summed E-state index contributed by atoms with van der Waals surface area (Å²) in [6.45, 7) is 0.261. The molecule has 1 aliphatic heterocycles. The molecule has 0 bridgehead atoms. The van der Waals surface area contributed by atoms with Gasteiger partial charge in [0.1, 0.15) is 6.26 Å². The quantitative estimate of drug-likeness (QED) is 0.557. The second kappa shape index (κ2) is 10.5. The first-order valence-corrected chi connectivity index (χ1v) is 10.7. The molecular weight excluding hydrogens is 465 g/mol. The van der Waals surface area contributed by atoms with Crippen LogP contribution in [0.15, 0.2) is 46.1 Å². The average Bonchev–Trinajstić information content (AvgIpc) is 3.36. The summed E-state index contributed by atoms with van der Waals surface area (Å²) in [4.78, 5) is 49.6. The van der Waals surface area contributed by atoms with Gasteiger partial charge >= 0.3 is 0 Å². The Morgan fingerprint density at radius 2 is 1.94 bits per heavy atom. The molecule has 1 aromatic carbocycles. The highest BCUT2D eigenvalue weighted by molar-refractivity contribution is 8.18. The zero-order valence-corrected chi connectivity index (χ0v) is 18.4. The van der Waals surface area contributed by atoms with E-state index in [0.29, 0.717) is 21.2 Å². The van der Waals surface area contributed by atoms with Crippen molar-refractivity contribution in [1.82, 2.24) is 15.5 Å². The Kier molecular flexibility index (Phi) is 7.78. The zero-order chi connectivity index (χ0) is 22.4. The van der Waals surface area contributed by atoms with Crippen LogP contribution in [0.4, 0.5) is 4.79 Å². The summed E-state index contributed by atoms with van der Waals surface area (Å²) in [6, 6.07) is 6.52. The SMILES string of the molecule is O=C(CCNC(=O)c1ccoc1)NCCN1C(=O)S/C(=C\c2cccc(Cl)c2Cl)C1=O. The number of hydrogen-bond donors (Lipinski definition) is 2. The maximum atomic E-state index is 12.5. The van der Waals surface area contributed by atoms with Crippen LogP contribution in [0.3, 0.4) is 0 Å². The number of imide groups is 1. The molecule has 3 rings (SSSR count). The van der Waals surface area contributed by atoms with Gasteiger partial charge in [0.2, 0.25) is 5.91 Å². The van der Waals surface area contributed by atoms with E-state index in [1.54, 1.807) is 18.2 Å². The number of carbonyl (C=O) groups is 4. The van der Waals surface area contributed by atoms with E-state index in [4.69, 9.17) is 27.6 Å². The van der Waals surface area contributed by atoms with Crippen LogP contribution in [0, 0.1) is 0 Å². The molecule has 1 fully saturated rings. The molecule has 162 valence electrons. The van der Waals surface area contributed by atoms with Crippen LogP contribution >= 0.6 is 35.0 Å². The fourth-order valence-electron chi connectivity index (χ4n) is 2.65. The first-order chi connectivity index (χ1) is 14.9. The molecule has 2 N–H and O–H groups in total. The van der Waals surface area contributed by atoms with Crippen molar-refractivity contribution in [3.8, 4) is 0 Å². The molecule has 0 spiro atoms. The van der Waals surface area contributed by atoms with Crippen molar-refractivity contribution in [3.63, 3.8) is 0 Å². The van der Waals surface area contributed by atoms with E-state index in [1.165, 1.54) is 24.7 Å². The first kappa shape index (κ1) is 22.9. The predicted octanol–water partition coefficient (Wildman–Crippen LogP) is 3.56. The summed E-state index contributed by atoms with van der Waals surface area (Å²) < 4.78 is 4.82. The van der Waals surface area contributed by atoms with Gasteiger partial charge in [0, 0.05) is 26.1 Å². The number of nitrogens with zero attached hydrogens (tertiary/aromatic N) is 1. The zero-order valence-electron chi connectivity index (χ0n) is 16.0. The molecule has 0 atom stereocenters. The Bertz CT molecular complexity index is 1040. The average molecular weight is 482 g/mol. The number of thioether (sulfide) groups is 1. The summed E-state index contributed by atoms with van der Waals surface area (Å²) >= 11 is 12.9. The molecule has 11 heteroatoms. The molecular formula is C20H17Cl2N3O5S. The van der Waals surface area contributed by atoms with Crippen LogP contribution < -0.4 is 10.6 Å². The molecule has 0 saturated carbocycles. The van der Waals surface area contributed by atoms with Crippen LogP contribution in [0.25, 0.3) is 6.08 Å². The largest absolute Gasteiger partial charge is 0.472 e. The standard InChI is InChI=1S/C20H17Cl2N3O5S/c21-14-3-1-2-12(17(14)22)10-15-19(28)25(20(29)31-15)8-7-23-16(26)4-6-24-18(27)13-5-9-30-11-13/h1-3,5,9-11H,4,6-8H2,(H,23,26)(H,24,27)/b15-10-. The van der Waals surface area contributed by atoms with E-state index in [2.05, 4.69) is 10.6 Å². The smallest absolute Gasteiger partial charge is 0.293 e. The van der Waals surface area contributed by atoms with E-state index in [9.17, 15) is 19.2 Å².